The molecule has 0 aliphatic heterocycles. The average Bonchev–Trinajstić information content (AvgIpc) is 3.28. The minimum Gasteiger partial charge on any atom is -0.465 e. The molecule has 0 radical (unpaired) electrons. The third kappa shape index (κ3) is 3.78. The van der Waals surface area contributed by atoms with Crippen LogP contribution in [0.5, 0.6) is 0 Å². The van der Waals surface area contributed by atoms with E-state index in [1.165, 1.54) is 20.2 Å². The molecule has 1 fully saturated rings. The number of hydrogen-bond donors (Lipinski definition) is 1. The number of fused-ring (bicyclic) bond motifs is 1. The van der Waals surface area contributed by atoms with E-state index < -0.39 is 5.97 Å². The van der Waals surface area contributed by atoms with Crippen LogP contribution in [0.1, 0.15) is 64.9 Å². The number of methoxy groups -OCH3 is 1. The van der Waals surface area contributed by atoms with Crippen molar-refractivity contribution in [1.82, 2.24) is 19.5 Å². The highest BCUT2D eigenvalue weighted by molar-refractivity contribution is 5.99. The van der Waals surface area contributed by atoms with E-state index in [1.54, 1.807) is 29.8 Å². The summed E-state index contributed by atoms with van der Waals surface area (Å²) in [6, 6.07) is 3.21. The minimum absolute atomic E-state index is 0.00825. The highest BCUT2D eigenvalue weighted by Gasteiger charge is 2.25. The predicted molar refractivity (Wildman–Crippen MR) is 115 cm³/mol. The zero-order valence-corrected chi connectivity index (χ0v) is 17.6. The van der Waals surface area contributed by atoms with Gasteiger partial charge in [-0.15, -0.1) is 0 Å². The topological polar surface area (TPSA) is 116 Å². The maximum absolute atomic E-state index is 13.2. The molecule has 9 nitrogen and oxygen atoms in total. The van der Waals surface area contributed by atoms with E-state index in [-0.39, 0.29) is 28.9 Å². The Bertz CT molecular complexity index is 1230. The molecule has 1 aliphatic carbocycles. The highest BCUT2D eigenvalue weighted by Crippen LogP contribution is 2.32. The number of esters is 1. The van der Waals surface area contributed by atoms with Gasteiger partial charge >= 0.3 is 5.97 Å². The van der Waals surface area contributed by atoms with Gasteiger partial charge in [-0.3, -0.25) is 14.2 Å². The molecule has 4 rings (SSSR count). The van der Waals surface area contributed by atoms with Gasteiger partial charge in [0.2, 0.25) is 5.95 Å². The molecule has 160 valence electrons. The summed E-state index contributed by atoms with van der Waals surface area (Å²) >= 11 is 0. The standard InChI is InChI=1S/C22H23N5O4/c1-12-16-11-24-22(25-17-9-8-14(10-23-17)21(30)31-3)26-19(16)27(15-6-4-5-7-15)20(29)18(12)13(2)28/h8-11,15H,4-7H2,1-3H3,(H,23,24,25,26). The van der Waals surface area contributed by atoms with Gasteiger partial charge in [-0.1, -0.05) is 12.8 Å². The Morgan fingerprint density at radius 1 is 1.16 bits per heavy atom. The van der Waals surface area contributed by atoms with E-state index in [4.69, 9.17) is 0 Å². The number of Topliss-reactive ketones (excluding diaryl/α,β-unsaturated/α-hetero) is 1. The van der Waals surface area contributed by atoms with Crippen molar-refractivity contribution in [3.05, 3.63) is 51.6 Å². The van der Waals surface area contributed by atoms with Crippen LogP contribution >= 0.6 is 0 Å². The van der Waals surface area contributed by atoms with Gasteiger partial charge in [0.15, 0.2) is 5.78 Å². The van der Waals surface area contributed by atoms with Crippen LogP contribution in [0.4, 0.5) is 11.8 Å². The van der Waals surface area contributed by atoms with Gasteiger partial charge in [-0.25, -0.2) is 14.8 Å². The van der Waals surface area contributed by atoms with E-state index in [2.05, 4.69) is 25.0 Å². The molecule has 3 aromatic heterocycles. The molecule has 0 unspecified atom stereocenters. The van der Waals surface area contributed by atoms with Gasteiger partial charge in [0.05, 0.1) is 18.2 Å². The van der Waals surface area contributed by atoms with Crippen LogP contribution in [0.25, 0.3) is 11.0 Å². The number of ketones is 1. The lowest BCUT2D eigenvalue weighted by molar-refractivity contribution is 0.0600. The number of aromatic nitrogens is 4. The number of rotatable bonds is 5. The van der Waals surface area contributed by atoms with Crippen molar-refractivity contribution in [3.8, 4) is 0 Å². The highest BCUT2D eigenvalue weighted by atomic mass is 16.5. The molecule has 0 saturated heterocycles. The molecule has 0 aromatic carbocycles. The third-order valence-corrected chi connectivity index (χ3v) is 5.67. The summed E-state index contributed by atoms with van der Waals surface area (Å²) in [4.78, 5) is 50.2. The smallest absolute Gasteiger partial charge is 0.339 e. The number of hydrogen-bond acceptors (Lipinski definition) is 8. The molecular weight excluding hydrogens is 398 g/mol. The summed E-state index contributed by atoms with van der Waals surface area (Å²) in [6.07, 6.45) is 6.84. The van der Waals surface area contributed by atoms with E-state index >= 15 is 0 Å². The monoisotopic (exact) mass is 421 g/mol. The van der Waals surface area contributed by atoms with Crippen LogP contribution in [-0.4, -0.2) is 38.4 Å². The minimum atomic E-state index is -0.474. The first-order valence-corrected chi connectivity index (χ1v) is 10.1. The van der Waals surface area contributed by atoms with Gasteiger partial charge in [-0.05, 0) is 44.4 Å². The fourth-order valence-corrected chi connectivity index (χ4v) is 4.13. The summed E-state index contributed by atoms with van der Waals surface area (Å²) in [6.45, 7) is 3.16. The zero-order valence-electron chi connectivity index (χ0n) is 17.6. The lowest BCUT2D eigenvalue weighted by Crippen LogP contribution is -2.30. The Balaban J connectivity index is 1.80. The van der Waals surface area contributed by atoms with Crippen molar-refractivity contribution >= 4 is 34.6 Å². The average molecular weight is 421 g/mol. The first-order valence-electron chi connectivity index (χ1n) is 10.1. The van der Waals surface area contributed by atoms with Gasteiger partial charge in [0, 0.05) is 23.8 Å². The molecule has 0 bridgehead atoms. The largest absolute Gasteiger partial charge is 0.465 e. The number of nitrogens with one attached hydrogen (secondary N) is 1. The number of nitrogens with zero attached hydrogens (tertiary/aromatic N) is 4. The SMILES string of the molecule is COC(=O)c1ccc(Nc2ncc3c(C)c(C(C)=O)c(=O)n(C4CCCC4)c3n2)nc1. The fraction of sp³-hybridized carbons (Fsp3) is 0.364. The number of carbonyl (C=O) groups is 2. The quantitative estimate of drug-likeness (QED) is 0.492. The summed E-state index contributed by atoms with van der Waals surface area (Å²) in [5.74, 6) is -0.0163. The van der Waals surface area contributed by atoms with E-state index in [0.717, 1.165) is 25.7 Å². The maximum Gasteiger partial charge on any atom is 0.339 e. The van der Waals surface area contributed by atoms with Crippen molar-refractivity contribution in [2.75, 3.05) is 12.4 Å². The normalized spacial score (nSPS) is 14.0. The molecule has 3 aromatic rings. The molecule has 1 saturated carbocycles. The number of pyridine rings is 2. The maximum atomic E-state index is 13.2. The Hall–Kier alpha value is -3.62. The van der Waals surface area contributed by atoms with Crippen LogP contribution in [-0.2, 0) is 4.74 Å². The lowest BCUT2D eigenvalue weighted by Gasteiger charge is -2.19. The van der Waals surface area contributed by atoms with Gasteiger partial charge in [0.25, 0.3) is 5.56 Å². The first kappa shape index (κ1) is 20.6. The van der Waals surface area contributed by atoms with Gasteiger partial charge < -0.3 is 10.1 Å². The van der Waals surface area contributed by atoms with Crippen molar-refractivity contribution in [1.29, 1.82) is 0 Å². The predicted octanol–water partition coefficient (Wildman–Crippen LogP) is 3.34. The fourth-order valence-electron chi connectivity index (χ4n) is 4.13. The first-order chi connectivity index (χ1) is 14.9. The number of carbonyl (C=O) groups excluding carboxylic acids is 2. The number of ether oxygens (including phenoxy) is 1. The molecular formula is C22H23N5O4. The summed E-state index contributed by atoms with van der Waals surface area (Å²) in [7, 11) is 1.31. The summed E-state index contributed by atoms with van der Waals surface area (Å²) in [5, 5.41) is 3.68. The third-order valence-electron chi connectivity index (χ3n) is 5.67. The Kier molecular flexibility index (Phi) is 5.50. The Morgan fingerprint density at radius 3 is 2.52 bits per heavy atom. The molecule has 0 amide bonds. The molecule has 1 N–H and O–H groups in total. The van der Waals surface area contributed by atoms with E-state index in [0.29, 0.717) is 28.0 Å². The van der Waals surface area contributed by atoms with Crippen LogP contribution in [0.3, 0.4) is 0 Å². The Morgan fingerprint density at radius 2 is 1.90 bits per heavy atom. The van der Waals surface area contributed by atoms with E-state index in [9.17, 15) is 14.4 Å². The zero-order chi connectivity index (χ0) is 22.1. The van der Waals surface area contributed by atoms with Gasteiger partial charge in [-0.2, -0.15) is 4.98 Å². The molecule has 1 aliphatic rings. The molecule has 0 atom stereocenters. The molecule has 31 heavy (non-hydrogen) atoms. The lowest BCUT2D eigenvalue weighted by atomic mass is 10.0. The Labute approximate surface area is 178 Å². The van der Waals surface area contributed by atoms with Gasteiger partial charge in [0.1, 0.15) is 11.5 Å². The second kappa shape index (κ2) is 8.25. The number of aryl methyl sites for hydroxylation is 1. The second-order valence-corrected chi connectivity index (χ2v) is 7.65. The summed E-state index contributed by atoms with van der Waals surface area (Å²) in [5.41, 5.74) is 1.32. The van der Waals surface area contributed by atoms with Crippen molar-refractivity contribution in [2.24, 2.45) is 0 Å². The van der Waals surface area contributed by atoms with E-state index in [1.807, 2.05) is 0 Å². The van der Waals surface area contributed by atoms with Crippen molar-refractivity contribution in [2.45, 2.75) is 45.6 Å². The van der Waals surface area contributed by atoms with Crippen LogP contribution in [0, 0.1) is 6.92 Å². The summed E-state index contributed by atoms with van der Waals surface area (Å²) < 4.78 is 6.33. The van der Waals surface area contributed by atoms with Crippen molar-refractivity contribution in [3.63, 3.8) is 0 Å². The van der Waals surface area contributed by atoms with Crippen LogP contribution < -0.4 is 10.9 Å². The number of anilines is 2. The second-order valence-electron chi connectivity index (χ2n) is 7.65. The molecule has 9 heteroatoms. The molecule has 0 spiro atoms. The van der Waals surface area contributed by atoms with Crippen molar-refractivity contribution < 1.29 is 14.3 Å². The van der Waals surface area contributed by atoms with Crippen LogP contribution in [0.15, 0.2) is 29.3 Å². The van der Waals surface area contributed by atoms with Crippen LogP contribution in [0.2, 0.25) is 0 Å². The molecule has 3 heterocycles.